The summed E-state index contributed by atoms with van der Waals surface area (Å²) in [6, 6.07) is 16.8. The van der Waals surface area contributed by atoms with Crippen LogP contribution in [0.15, 0.2) is 76.4 Å². The highest BCUT2D eigenvalue weighted by atomic mass is 32.2. The Kier molecular flexibility index (Phi) is 5.62. The van der Waals surface area contributed by atoms with E-state index in [1.54, 1.807) is 6.07 Å². The Morgan fingerprint density at radius 2 is 1.68 bits per heavy atom. The molecule has 2 aromatic carbocycles. The average Bonchev–Trinajstić information content (AvgIpc) is 2.70. The molecule has 0 aliphatic rings. The summed E-state index contributed by atoms with van der Waals surface area (Å²) in [5.74, 6) is 0. The maximum atomic E-state index is 12.3. The van der Waals surface area contributed by atoms with Crippen molar-refractivity contribution in [1.82, 2.24) is 14.5 Å². The Morgan fingerprint density at radius 1 is 1.00 bits per heavy atom. The Bertz CT molecular complexity index is 1140. The summed E-state index contributed by atoms with van der Waals surface area (Å²) in [6.07, 6.45) is 0. The number of hydrogen-bond acceptors (Lipinski definition) is 6. The Morgan fingerprint density at radius 3 is 2.32 bits per heavy atom. The lowest BCUT2D eigenvalue weighted by molar-refractivity contribution is -0.384. The van der Waals surface area contributed by atoms with E-state index in [1.807, 2.05) is 30.3 Å². The van der Waals surface area contributed by atoms with E-state index in [1.165, 1.54) is 10.7 Å². The van der Waals surface area contributed by atoms with Crippen molar-refractivity contribution in [3.8, 4) is 11.3 Å². The van der Waals surface area contributed by atoms with Gasteiger partial charge in [-0.05, 0) is 18.2 Å². The first kappa shape index (κ1) is 19.4. The summed E-state index contributed by atoms with van der Waals surface area (Å²) in [6.45, 7) is -0.0316. The lowest BCUT2D eigenvalue weighted by Crippen LogP contribution is -2.32. The highest BCUT2D eigenvalue weighted by Gasteiger charge is 2.15. The van der Waals surface area contributed by atoms with Gasteiger partial charge in [-0.1, -0.05) is 30.3 Å². The first-order chi connectivity index (χ1) is 13.4. The molecule has 0 saturated heterocycles. The Hall–Kier alpha value is -3.37. The Labute approximate surface area is 160 Å². The number of rotatable bonds is 7. The Balaban J connectivity index is 1.70. The van der Waals surface area contributed by atoms with Gasteiger partial charge in [0.2, 0.25) is 10.0 Å². The maximum absolute atomic E-state index is 12.3. The SMILES string of the molecule is O=c1ccc(-c2ccccc2)nn1CCNS(=O)(=O)c1ccc([N+](=O)[O-])cc1. The monoisotopic (exact) mass is 400 g/mol. The summed E-state index contributed by atoms with van der Waals surface area (Å²) >= 11 is 0. The number of benzene rings is 2. The van der Waals surface area contributed by atoms with Crippen LogP contribution in [-0.2, 0) is 16.6 Å². The highest BCUT2D eigenvalue weighted by molar-refractivity contribution is 7.89. The lowest BCUT2D eigenvalue weighted by atomic mass is 10.1. The third-order valence-electron chi connectivity index (χ3n) is 3.91. The second kappa shape index (κ2) is 8.11. The molecule has 0 unspecified atom stereocenters. The van der Waals surface area contributed by atoms with E-state index in [0.717, 1.165) is 29.8 Å². The molecule has 0 saturated carbocycles. The van der Waals surface area contributed by atoms with Gasteiger partial charge in [0.1, 0.15) is 0 Å². The number of non-ortho nitro benzene ring substituents is 1. The molecule has 0 radical (unpaired) electrons. The molecule has 3 aromatic rings. The zero-order chi connectivity index (χ0) is 20.1. The maximum Gasteiger partial charge on any atom is 0.269 e. The van der Waals surface area contributed by atoms with Gasteiger partial charge in [0.15, 0.2) is 0 Å². The molecule has 0 atom stereocenters. The van der Waals surface area contributed by atoms with E-state index in [-0.39, 0.29) is 29.2 Å². The third-order valence-corrected chi connectivity index (χ3v) is 5.39. The minimum absolute atomic E-state index is 0.0335. The molecule has 10 heteroatoms. The van der Waals surface area contributed by atoms with Gasteiger partial charge >= 0.3 is 0 Å². The van der Waals surface area contributed by atoms with Crippen molar-refractivity contribution in [2.75, 3.05) is 6.54 Å². The zero-order valence-electron chi connectivity index (χ0n) is 14.6. The zero-order valence-corrected chi connectivity index (χ0v) is 15.4. The molecule has 1 N–H and O–H groups in total. The van der Waals surface area contributed by atoms with Crippen LogP contribution in [-0.4, -0.2) is 29.7 Å². The van der Waals surface area contributed by atoms with Crippen molar-refractivity contribution in [3.63, 3.8) is 0 Å². The van der Waals surface area contributed by atoms with Crippen LogP contribution in [0.5, 0.6) is 0 Å². The summed E-state index contributed by atoms with van der Waals surface area (Å²) in [5.41, 5.74) is 0.878. The summed E-state index contributed by atoms with van der Waals surface area (Å²) in [5, 5.41) is 14.9. The topological polar surface area (TPSA) is 124 Å². The number of nitrogens with zero attached hydrogens (tertiary/aromatic N) is 3. The van der Waals surface area contributed by atoms with Gasteiger partial charge in [-0.15, -0.1) is 0 Å². The third kappa shape index (κ3) is 4.48. The molecular weight excluding hydrogens is 384 g/mol. The van der Waals surface area contributed by atoms with Crippen LogP contribution < -0.4 is 10.3 Å². The van der Waals surface area contributed by atoms with Crippen LogP contribution in [0.1, 0.15) is 0 Å². The number of nitro benzene ring substituents is 1. The minimum atomic E-state index is -3.86. The van der Waals surface area contributed by atoms with Crippen molar-refractivity contribution in [3.05, 3.63) is 87.2 Å². The van der Waals surface area contributed by atoms with Crippen molar-refractivity contribution in [2.45, 2.75) is 11.4 Å². The van der Waals surface area contributed by atoms with Crippen molar-refractivity contribution in [2.24, 2.45) is 0 Å². The number of sulfonamides is 1. The molecular formula is C18H16N4O5S. The second-order valence-corrected chi connectivity index (χ2v) is 7.56. The van der Waals surface area contributed by atoms with Gasteiger partial charge in [0.25, 0.3) is 11.2 Å². The molecule has 0 spiro atoms. The van der Waals surface area contributed by atoms with Gasteiger partial charge < -0.3 is 0 Å². The molecule has 1 heterocycles. The smallest absolute Gasteiger partial charge is 0.268 e. The molecule has 0 aliphatic heterocycles. The number of nitro groups is 1. The lowest BCUT2D eigenvalue weighted by Gasteiger charge is -2.09. The van der Waals surface area contributed by atoms with Crippen LogP contribution in [0, 0.1) is 10.1 Å². The quantitative estimate of drug-likeness (QED) is 0.476. The first-order valence-corrected chi connectivity index (χ1v) is 9.73. The second-order valence-electron chi connectivity index (χ2n) is 5.79. The van der Waals surface area contributed by atoms with E-state index < -0.39 is 14.9 Å². The van der Waals surface area contributed by atoms with Crippen LogP contribution in [0.3, 0.4) is 0 Å². The van der Waals surface area contributed by atoms with Crippen molar-refractivity contribution < 1.29 is 13.3 Å². The predicted molar refractivity (Wildman–Crippen MR) is 102 cm³/mol. The summed E-state index contributed by atoms with van der Waals surface area (Å²) < 4.78 is 28.1. The van der Waals surface area contributed by atoms with Crippen molar-refractivity contribution >= 4 is 15.7 Å². The van der Waals surface area contributed by atoms with E-state index in [2.05, 4.69) is 9.82 Å². The van der Waals surface area contributed by atoms with Crippen LogP contribution >= 0.6 is 0 Å². The van der Waals surface area contributed by atoms with Crippen LogP contribution in [0.4, 0.5) is 5.69 Å². The van der Waals surface area contributed by atoms with Crippen molar-refractivity contribution in [1.29, 1.82) is 0 Å². The van der Waals surface area contributed by atoms with Crippen LogP contribution in [0.2, 0.25) is 0 Å². The largest absolute Gasteiger partial charge is 0.269 e. The highest BCUT2D eigenvalue weighted by Crippen LogP contribution is 2.16. The number of aromatic nitrogens is 2. The fourth-order valence-corrected chi connectivity index (χ4v) is 3.51. The summed E-state index contributed by atoms with van der Waals surface area (Å²) in [7, 11) is -3.86. The molecule has 9 nitrogen and oxygen atoms in total. The molecule has 0 amide bonds. The molecule has 1 aromatic heterocycles. The fraction of sp³-hybridized carbons (Fsp3) is 0.111. The van der Waals surface area contributed by atoms with Gasteiger partial charge in [0, 0.05) is 30.3 Å². The molecule has 0 bridgehead atoms. The molecule has 3 rings (SSSR count). The predicted octanol–water partition coefficient (Wildman–Crippen LogP) is 1.80. The van der Waals surface area contributed by atoms with Crippen LogP contribution in [0.25, 0.3) is 11.3 Å². The van der Waals surface area contributed by atoms with E-state index in [9.17, 15) is 23.3 Å². The average molecular weight is 400 g/mol. The van der Waals surface area contributed by atoms with E-state index >= 15 is 0 Å². The molecule has 28 heavy (non-hydrogen) atoms. The van der Waals surface area contributed by atoms with E-state index in [0.29, 0.717) is 5.69 Å². The minimum Gasteiger partial charge on any atom is -0.268 e. The molecule has 144 valence electrons. The number of hydrogen-bond donors (Lipinski definition) is 1. The standard InChI is InChI=1S/C18H16N4O5S/c23-18-11-10-17(14-4-2-1-3-5-14)20-21(18)13-12-19-28(26,27)16-8-6-15(7-9-16)22(24)25/h1-11,19H,12-13H2. The molecule has 0 fully saturated rings. The fourth-order valence-electron chi connectivity index (χ4n) is 2.49. The number of nitrogens with one attached hydrogen (secondary N) is 1. The molecule has 0 aliphatic carbocycles. The normalized spacial score (nSPS) is 11.3. The van der Waals surface area contributed by atoms with Gasteiger partial charge in [-0.2, -0.15) is 5.10 Å². The van der Waals surface area contributed by atoms with Gasteiger partial charge in [-0.3, -0.25) is 14.9 Å². The summed E-state index contributed by atoms with van der Waals surface area (Å²) in [4.78, 5) is 21.9. The van der Waals surface area contributed by atoms with Gasteiger partial charge in [0.05, 0.1) is 22.1 Å². The van der Waals surface area contributed by atoms with Gasteiger partial charge in [-0.25, -0.2) is 17.8 Å². The van der Waals surface area contributed by atoms with E-state index in [4.69, 9.17) is 0 Å². The first-order valence-electron chi connectivity index (χ1n) is 8.24.